The summed E-state index contributed by atoms with van der Waals surface area (Å²) in [6, 6.07) is 4.29. The molecule has 0 bridgehead atoms. The summed E-state index contributed by atoms with van der Waals surface area (Å²) in [6.07, 6.45) is 0.425. The minimum Gasteiger partial charge on any atom is -0.356 e. The van der Waals surface area contributed by atoms with E-state index in [0.717, 1.165) is 30.9 Å². The minimum atomic E-state index is -0.795. The van der Waals surface area contributed by atoms with E-state index in [-0.39, 0.29) is 28.7 Å². The van der Waals surface area contributed by atoms with Gasteiger partial charge in [0, 0.05) is 37.2 Å². The molecule has 0 spiro atoms. The number of aliphatic imine (C=N–C) groups is 1. The Morgan fingerprint density at radius 3 is 2.78 bits per heavy atom. The van der Waals surface area contributed by atoms with Crippen LogP contribution in [0.3, 0.4) is 0 Å². The van der Waals surface area contributed by atoms with Gasteiger partial charge >= 0.3 is 0 Å². The molecule has 1 heterocycles. The van der Waals surface area contributed by atoms with Gasteiger partial charge in [-0.2, -0.15) is 11.8 Å². The molecule has 0 unspecified atom stereocenters. The smallest absolute Gasteiger partial charge is 0.193 e. The highest BCUT2D eigenvalue weighted by atomic mass is 127. The molecule has 0 aromatic heterocycles. The monoisotopic (exact) mass is 455 g/mol. The van der Waals surface area contributed by atoms with Crippen LogP contribution >= 0.6 is 35.7 Å². The van der Waals surface area contributed by atoms with Gasteiger partial charge in [0.15, 0.2) is 17.6 Å². The van der Waals surface area contributed by atoms with Crippen molar-refractivity contribution in [1.82, 2.24) is 10.2 Å². The Labute approximate surface area is 158 Å². The van der Waals surface area contributed by atoms with Crippen molar-refractivity contribution in [3.05, 3.63) is 35.4 Å². The third-order valence-electron chi connectivity index (χ3n) is 3.65. The van der Waals surface area contributed by atoms with Crippen LogP contribution in [0.5, 0.6) is 0 Å². The summed E-state index contributed by atoms with van der Waals surface area (Å²) in [5, 5.41) is 3.25. The van der Waals surface area contributed by atoms with Crippen molar-refractivity contribution in [2.24, 2.45) is 4.99 Å². The topological polar surface area (TPSA) is 27.6 Å². The zero-order chi connectivity index (χ0) is 16.2. The first kappa shape index (κ1) is 20.5. The van der Waals surface area contributed by atoms with Gasteiger partial charge in [0.1, 0.15) is 0 Å². The molecule has 1 aromatic carbocycles. The summed E-state index contributed by atoms with van der Waals surface area (Å²) in [5.74, 6) is 0.336. The van der Waals surface area contributed by atoms with Gasteiger partial charge in [0.25, 0.3) is 0 Å². The van der Waals surface area contributed by atoms with Crippen LogP contribution in [-0.4, -0.2) is 48.0 Å². The molecule has 1 fully saturated rings. The van der Waals surface area contributed by atoms with E-state index in [0.29, 0.717) is 18.5 Å². The lowest BCUT2D eigenvalue weighted by atomic mass is 10.1. The fourth-order valence-electron chi connectivity index (χ4n) is 2.58. The normalized spacial score (nSPS) is 17.6. The molecular weight excluding hydrogens is 431 g/mol. The van der Waals surface area contributed by atoms with Crippen LogP contribution in [0.4, 0.5) is 8.78 Å². The van der Waals surface area contributed by atoms with Crippen molar-refractivity contribution < 1.29 is 8.78 Å². The van der Waals surface area contributed by atoms with Crippen LogP contribution in [0.2, 0.25) is 0 Å². The Kier molecular flexibility index (Phi) is 8.06. The van der Waals surface area contributed by atoms with Gasteiger partial charge in [0.2, 0.25) is 0 Å². The Hall–Kier alpha value is -0.570. The molecule has 0 amide bonds. The number of thioether (sulfide) groups is 1. The van der Waals surface area contributed by atoms with E-state index >= 15 is 0 Å². The number of hydrogen-bond acceptors (Lipinski definition) is 2. The Bertz CT molecular complexity index is 552. The number of benzene rings is 1. The second kappa shape index (κ2) is 9.05. The molecule has 1 saturated heterocycles. The van der Waals surface area contributed by atoms with E-state index in [1.807, 2.05) is 11.8 Å². The van der Waals surface area contributed by atoms with E-state index in [4.69, 9.17) is 0 Å². The summed E-state index contributed by atoms with van der Waals surface area (Å²) in [4.78, 5) is 6.52. The molecule has 130 valence electrons. The molecule has 1 aliphatic rings. The molecule has 0 saturated carbocycles. The van der Waals surface area contributed by atoms with Crippen LogP contribution < -0.4 is 5.32 Å². The highest BCUT2D eigenvalue weighted by Crippen LogP contribution is 2.29. The maximum Gasteiger partial charge on any atom is 0.193 e. The molecule has 1 aromatic rings. The number of rotatable bonds is 3. The average Bonchev–Trinajstić information content (AvgIpc) is 2.47. The van der Waals surface area contributed by atoms with Crippen molar-refractivity contribution in [2.75, 3.05) is 32.4 Å². The highest BCUT2D eigenvalue weighted by Gasteiger charge is 2.28. The van der Waals surface area contributed by atoms with Gasteiger partial charge in [-0.1, -0.05) is 12.1 Å². The lowest BCUT2D eigenvalue weighted by Crippen LogP contribution is -2.51. The number of halogens is 3. The fraction of sp³-hybridized carbons (Fsp3) is 0.562. The quantitative estimate of drug-likeness (QED) is 0.430. The van der Waals surface area contributed by atoms with Crippen LogP contribution in [0.15, 0.2) is 23.2 Å². The van der Waals surface area contributed by atoms with Gasteiger partial charge < -0.3 is 10.2 Å². The number of nitrogens with zero attached hydrogens (tertiary/aromatic N) is 2. The highest BCUT2D eigenvalue weighted by molar-refractivity contribution is 14.0. The minimum absolute atomic E-state index is 0. The van der Waals surface area contributed by atoms with E-state index < -0.39 is 11.6 Å². The zero-order valence-corrected chi connectivity index (χ0v) is 16.9. The van der Waals surface area contributed by atoms with E-state index in [1.165, 1.54) is 6.07 Å². The van der Waals surface area contributed by atoms with Gasteiger partial charge in [-0.25, -0.2) is 8.78 Å². The third kappa shape index (κ3) is 5.77. The van der Waals surface area contributed by atoms with Crippen LogP contribution in [0, 0.1) is 11.6 Å². The molecule has 23 heavy (non-hydrogen) atoms. The van der Waals surface area contributed by atoms with Crippen molar-refractivity contribution in [1.29, 1.82) is 0 Å². The Morgan fingerprint density at radius 2 is 2.13 bits per heavy atom. The van der Waals surface area contributed by atoms with Crippen molar-refractivity contribution in [3.8, 4) is 0 Å². The largest absolute Gasteiger partial charge is 0.356 e. The molecule has 1 aliphatic heterocycles. The maximum absolute atomic E-state index is 13.6. The second-order valence-corrected chi connectivity index (χ2v) is 7.77. The lowest BCUT2D eigenvalue weighted by molar-refractivity contribution is 0.376. The summed E-state index contributed by atoms with van der Waals surface area (Å²) in [7, 11) is 1.75. The Morgan fingerprint density at radius 1 is 1.39 bits per heavy atom. The number of guanidine groups is 1. The van der Waals surface area contributed by atoms with Gasteiger partial charge in [-0.3, -0.25) is 4.99 Å². The number of nitrogens with one attached hydrogen (secondary N) is 1. The molecule has 0 aliphatic carbocycles. The maximum atomic E-state index is 13.6. The predicted molar refractivity (Wildman–Crippen MR) is 105 cm³/mol. The predicted octanol–water partition coefficient (Wildman–Crippen LogP) is 3.53. The first-order chi connectivity index (χ1) is 10.4. The fourth-order valence-corrected chi connectivity index (χ4v) is 3.69. The van der Waals surface area contributed by atoms with Crippen LogP contribution in [0.25, 0.3) is 0 Å². The first-order valence-electron chi connectivity index (χ1n) is 7.45. The molecule has 7 heteroatoms. The summed E-state index contributed by atoms with van der Waals surface area (Å²) in [6.45, 7) is 6.84. The third-order valence-corrected chi connectivity index (χ3v) is 4.94. The van der Waals surface area contributed by atoms with Gasteiger partial charge in [-0.15, -0.1) is 24.0 Å². The second-order valence-electron chi connectivity index (χ2n) is 5.97. The average molecular weight is 455 g/mol. The number of hydrogen-bond donors (Lipinski definition) is 1. The van der Waals surface area contributed by atoms with Gasteiger partial charge in [-0.05, 0) is 31.9 Å². The summed E-state index contributed by atoms with van der Waals surface area (Å²) in [5.41, 5.74) is 0.387. The molecule has 0 radical (unpaired) electrons. The van der Waals surface area contributed by atoms with Crippen LogP contribution in [0.1, 0.15) is 19.4 Å². The van der Waals surface area contributed by atoms with E-state index in [1.54, 1.807) is 13.1 Å². The SMILES string of the molecule is CN=C(NCCc1cccc(F)c1F)N1CCSC(C)(C)C1.I. The Balaban J connectivity index is 0.00000264. The van der Waals surface area contributed by atoms with Crippen molar-refractivity contribution in [3.63, 3.8) is 0 Å². The molecule has 3 nitrogen and oxygen atoms in total. The van der Waals surface area contributed by atoms with Crippen molar-refractivity contribution in [2.45, 2.75) is 25.0 Å². The zero-order valence-electron chi connectivity index (χ0n) is 13.7. The standard InChI is InChI=1S/C16H23F2N3S.HI/c1-16(2)11-21(9-10-22-16)15(19-3)20-8-7-12-5-4-6-13(17)14(12)18;/h4-6H,7-11H2,1-3H3,(H,19,20);1H. The van der Waals surface area contributed by atoms with Crippen molar-refractivity contribution >= 4 is 41.7 Å². The molecule has 2 rings (SSSR count). The lowest BCUT2D eigenvalue weighted by Gasteiger charge is -2.39. The summed E-state index contributed by atoms with van der Waals surface area (Å²) >= 11 is 1.96. The van der Waals surface area contributed by atoms with Gasteiger partial charge in [0.05, 0.1) is 0 Å². The first-order valence-corrected chi connectivity index (χ1v) is 8.44. The van der Waals surface area contributed by atoms with Crippen LogP contribution in [-0.2, 0) is 6.42 Å². The van der Waals surface area contributed by atoms with E-state index in [2.05, 4.69) is 29.1 Å². The van der Waals surface area contributed by atoms with E-state index in [9.17, 15) is 8.78 Å². The molecular formula is C16H24F2IN3S. The summed E-state index contributed by atoms with van der Waals surface area (Å²) < 4.78 is 27.0. The molecule has 1 N–H and O–H groups in total. The molecule has 0 atom stereocenters.